The standard InChI is InChI=1S/C20H27N3O2/c1-13-9-19(24)21-18-11-17-14(10-16(13)18)3-4-15(20(17)25)12-23-7-5-22(2)6-8-23/h10-11,13,15H,3-9,12H2,1-2H3,(H,21,24). The van der Waals surface area contributed by atoms with E-state index in [1.165, 1.54) is 11.1 Å². The number of benzene rings is 1. The number of aryl methyl sites for hydroxylation is 1. The maximum atomic E-state index is 13.1. The summed E-state index contributed by atoms with van der Waals surface area (Å²) in [6, 6.07) is 4.11. The van der Waals surface area contributed by atoms with Crippen LogP contribution in [0, 0.1) is 5.92 Å². The molecule has 1 aromatic rings. The summed E-state index contributed by atoms with van der Waals surface area (Å²) < 4.78 is 0. The number of nitrogens with one attached hydrogen (secondary N) is 1. The van der Waals surface area contributed by atoms with Crippen LogP contribution in [0.15, 0.2) is 12.1 Å². The molecule has 0 spiro atoms. The predicted octanol–water partition coefficient (Wildman–Crippen LogP) is 2.12. The van der Waals surface area contributed by atoms with Crippen molar-refractivity contribution in [3.8, 4) is 0 Å². The highest BCUT2D eigenvalue weighted by Crippen LogP contribution is 2.37. The maximum absolute atomic E-state index is 13.1. The van der Waals surface area contributed by atoms with Crippen molar-refractivity contribution < 1.29 is 9.59 Å². The van der Waals surface area contributed by atoms with Gasteiger partial charge in [-0.25, -0.2) is 0 Å². The molecule has 0 radical (unpaired) electrons. The highest BCUT2D eigenvalue weighted by Gasteiger charge is 2.32. The van der Waals surface area contributed by atoms with Crippen molar-refractivity contribution in [1.29, 1.82) is 0 Å². The molecule has 134 valence electrons. The van der Waals surface area contributed by atoms with Crippen molar-refractivity contribution in [2.24, 2.45) is 5.92 Å². The molecule has 1 N–H and O–H groups in total. The minimum absolute atomic E-state index is 0.0530. The Labute approximate surface area is 149 Å². The Bertz CT molecular complexity index is 707. The number of amides is 1. The maximum Gasteiger partial charge on any atom is 0.224 e. The van der Waals surface area contributed by atoms with E-state index in [0.717, 1.165) is 56.8 Å². The Balaban J connectivity index is 1.54. The van der Waals surface area contributed by atoms with Gasteiger partial charge in [-0.05, 0) is 43.0 Å². The van der Waals surface area contributed by atoms with Gasteiger partial charge < -0.3 is 15.1 Å². The lowest BCUT2D eigenvalue weighted by Gasteiger charge is -2.36. The van der Waals surface area contributed by atoms with Crippen LogP contribution in [0.25, 0.3) is 0 Å². The summed E-state index contributed by atoms with van der Waals surface area (Å²) in [5, 5.41) is 2.95. The fourth-order valence-electron chi connectivity index (χ4n) is 4.40. The lowest BCUT2D eigenvalue weighted by atomic mass is 9.79. The van der Waals surface area contributed by atoms with E-state index < -0.39 is 0 Å². The number of rotatable bonds is 2. The zero-order chi connectivity index (χ0) is 17.6. The molecule has 2 heterocycles. The van der Waals surface area contributed by atoms with Crippen molar-refractivity contribution in [1.82, 2.24) is 9.80 Å². The highest BCUT2D eigenvalue weighted by molar-refractivity contribution is 6.03. The van der Waals surface area contributed by atoms with Gasteiger partial charge in [0, 0.05) is 56.3 Å². The smallest absolute Gasteiger partial charge is 0.224 e. The number of hydrogen-bond acceptors (Lipinski definition) is 4. The van der Waals surface area contributed by atoms with Gasteiger partial charge in [-0.3, -0.25) is 9.59 Å². The molecule has 1 aliphatic carbocycles. The van der Waals surface area contributed by atoms with Gasteiger partial charge in [-0.15, -0.1) is 0 Å². The quantitative estimate of drug-likeness (QED) is 0.895. The molecule has 1 aromatic carbocycles. The molecule has 1 fully saturated rings. The normalized spacial score (nSPS) is 27.6. The second-order valence-electron chi connectivity index (χ2n) is 7.95. The van der Waals surface area contributed by atoms with Crippen LogP contribution in [0.4, 0.5) is 5.69 Å². The lowest BCUT2D eigenvalue weighted by Crippen LogP contribution is -2.47. The number of fused-ring (bicyclic) bond motifs is 2. The fraction of sp³-hybridized carbons (Fsp3) is 0.600. The minimum Gasteiger partial charge on any atom is -0.326 e. The largest absolute Gasteiger partial charge is 0.326 e. The number of piperazine rings is 1. The Kier molecular flexibility index (Phi) is 4.38. The first-order chi connectivity index (χ1) is 12.0. The lowest BCUT2D eigenvalue weighted by molar-refractivity contribution is -0.116. The van der Waals surface area contributed by atoms with Crippen molar-refractivity contribution >= 4 is 17.4 Å². The van der Waals surface area contributed by atoms with Gasteiger partial charge in [0.15, 0.2) is 5.78 Å². The van der Waals surface area contributed by atoms with E-state index in [-0.39, 0.29) is 23.5 Å². The summed E-state index contributed by atoms with van der Waals surface area (Å²) >= 11 is 0. The molecule has 3 aliphatic rings. The molecule has 1 amide bonds. The van der Waals surface area contributed by atoms with Crippen LogP contribution in [-0.4, -0.2) is 61.3 Å². The van der Waals surface area contributed by atoms with Crippen molar-refractivity contribution in [2.75, 3.05) is 45.1 Å². The first-order valence-electron chi connectivity index (χ1n) is 9.43. The number of hydrogen-bond donors (Lipinski definition) is 1. The first kappa shape index (κ1) is 16.7. The Morgan fingerprint density at radius 1 is 1.16 bits per heavy atom. The molecule has 4 rings (SSSR count). The number of anilines is 1. The number of ketones is 1. The second-order valence-corrected chi connectivity index (χ2v) is 7.95. The van der Waals surface area contributed by atoms with Crippen molar-refractivity contribution in [3.05, 3.63) is 28.8 Å². The summed E-state index contributed by atoms with van der Waals surface area (Å²) in [5.74, 6) is 0.630. The van der Waals surface area contributed by atoms with Crippen LogP contribution < -0.4 is 5.32 Å². The molecule has 0 bridgehead atoms. The van der Waals surface area contributed by atoms with Gasteiger partial charge in [-0.2, -0.15) is 0 Å². The molecule has 5 heteroatoms. The van der Waals surface area contributed by atoms with Crippen molar-refractivity contribution in [3.63, 3.8) is 0 Å². The molecule has 5 nitrogen and oxygen atoms in total. The third-order valence-electron chi connectivity index (χ3n) is 6.04. The van der Waals surface area contributed by atoms with E-state index in [4.69, 9.17) is 0 Å². The zero-order valence-electron chi connectivity index (χ0n) is 15.2. The van der Waals surface area contributed by atoms with E-state index in [2.05, 4.69) is 35.2 Å². The highest BCUT2D eigenvalue weighted by atomic mass is 16.1. The van der Waals surface area contributed by atoms with Crippen LogP contribution >= 0.6 is 0 Å². The summed E-state index contributed by atoms with van der Waals surface area (Å²) in [6.45, 7) is 7.20. The molecular weight excluding hydrogens is 314 g/mol. The number of carbonyl (C=O) groups is 2. The molecule has 2 aliphatic heterocycles. The topological polar surface area (TPSA) is 52.7 Å². The number of Topliss-reactive ketones (excluding diaryl/α,β-unsaturated/α-hetero) is 1. The number of likely N-dealkylation sites (N-methyl/N-ethyl adjacent to an activating group) is 1. The summed E-state index contributed by atoms with van der Waals surface area (Å²) in [6.07, 6.45) is 2.44. The third kappa shape index (κ3) is 3.23. The molecule has 0 saturated carbocycles. The molecule has 2 atom stereocenters. The summed E-state index contributed by atoms with van der Waals surface area (Å²) in [5.41, 5.74) is 4.03. The third-order valence-corrected chi connectivity index (χ3v) is 6.04. The van der Waals surface area contributed by atoms with Gasteiger partial charge in [0.2, 0.25) is 5.91 Å². The molecule has 25 heavy (non-hydrogen) atoms. The number of nitrogens with zero attached hydrogens (tertiary/aromatic N) is 2. The Morgan fingerprint density at radius 2 is 1.92 bits per heavy atom. The summed E-state index contributed by atoms with van der Waals surface area (Å²) in [7, 11) is 2.15. The Hall–Kier alpha value is -1.72. The van der Waals surface area contributed by atoms with Crippen LogP contribution in [0.5, 0.6) is 0 Å². The van der Waals surface area contributed by atoms with Gasteiger partial charge >= 0.3 is 0 Å². The molecule has 0 aromatic heterocycles. The van der Waals surface area contributed by atoms with Gasteiger partial charge in [0.05, 0.1) is 0 Å². The van der Waals surface area contributed by atoms with E-state index >= 15 is 0 Å². The van der Waals surface area contributed by atoms with Gasteiger partial charge in [0.1, 0.15) is 0 Å². The zero-order valence-corrected chi connectivity index (χ0v) is 15.2. The van der Waals surface area contributed by atoms with Crippen LogP contribution in [-0.2, 0) is 11.2 Å². The van der Waals surface area contributed by atoms with Crippen LogP contribution in [0.3, 0.4) is 0 Å². The summed E-state index contributed by atoms with van der Waals surface area (Å²) in [4.78, 5) is 29.7. The SMILES string of the molecule is CC1CC(=O)Nc2cc3c(cc21)CCC(CN1CCN(C)CC1)C3=O. The van der Waals surface area contributed by atoms with E-state index in [9.17, 15) is 9.59 Å². The molecule has 1 saturated heterocycles. The molecule has 2 unspecified atom stereocenters. The first-order valence-corrected chi connectivity index (χ1v) is 9.43. The monoisotopic (exact) mass is 341 g/mol. The van der Waals surface area contributed by atoms with Gasteiger partial charge in [-0.1, -0.05) is 13.0 Å². The van der Waals surface area contributed by atoms with Crippen LogP contribution in [0.2, 0.25) is 0 Å². The predicted molar refractivity (Wildman–Crippen MR) is 98.2 cm³/mol. The van der Waals surface area contributed by atoms with Gasteiger partial charge in [0.25, 0.3) is 0 Å². The Morgan fingerprint density at radius 3 is 2.68 bits per heavy atom. The van der Waals surface area contributed by atoms with Crippen LogP contribution in [0.1, 0.15) is 47.2 Å². The average molecular weight is 341 g/mol. The van der Waals surface area contributed by atoms with E-state index in [0.29, 0.717) is 6.42 Å². The minimum atomic E-state index is 0.0530. The average Bonchev–Trinajstić information content (AvgIpc) is 2.58. The van der Waals surface area contributed by atoms with Crippen molar-refractivity contribution in [2.45, 2.75) is 32.1 Å². The second kappa shape index (κ2) is 6.54. The fourth-order valence-corrected chi connectivity index (χ4v) is 4.40. The molecular formula is C20H27N3O2. The number of carbonyl (C=O) groups excluding carboxylic acids is 2. The van der Waals surface area contributed by atoms with E-state index in [1.54, 1.807) is 0 Å². The van der Waals surface area contributed by atoms with E-state index in [1.807, 2.05) is 6.07 Å².